The van der Waals surface area contributed by atoms with E-state index in [2.05, 4.69) is 0 Å². The Labute approximate surface area is 116 Å². The molecule has 5 heteroatoms. The van der Waals surface area contributed by atoms with Crippen LogP contribution in [-0.4, -0.2) is 55.3 Å². The summed E-state index contributed by atoms with van der Waals surface area (Å²) in [5.41, 5.74) is -0.423. The van der Waals surface area contributed by atoms with Gasteiger partial charge in [-0.1, -0.05) is 6.92 Å². The van der Waals surface area contributed by atoms with Crippen molar-refractivity contribution in [3.8, 4) is 0 Å². The molecule has 5 nitrogen and oxygen atoms in total. The Morgan fingerprint density at radius 3 is 2.26 bits per heavy atom. The SMILES string of the molecule is CCC(C)(C)C(=O)OCCC[N+](C)(C)CCC(=O)O. The van der Waals surface area contributed by atoms with Gasteiger partial charge in [-0.3, -0.25) is 9.59 Å². The van der Waals surface area contributed by atoms with E-state index in [0.29, 0.717) is 17.6 Å². The second-order valence-corrected chi connectivity index (χ2v) is 6.25. The minimum Gasteiger partial charge on any atom is -0.481 e. The molecule has 0 spiro atoms. The predicted molar refractivity (Wildman–Crippen MR) is 73.7 cm³/mol. The molecule has 0 amide bonds. The molecule has 0 saturated carbocycles. The lowest BCUT2D eigenvalue weighted by Gasteiger charge is -2.29. The summed E-state index contributed by atoms with van der Waals surface area (Å²) in [5.74, 6) is -0.937. The minimum atomic E-state index is -0.776. The number of rotatable bonds is 9. The second kappa shape index (κ2) is 7.48. The molecule has 0 aliphatic rings. The molecule has 112 valence electrons. The Bertz CT molecular complexity index is 311. The molecule has 0 radical (unpaired) electrons. The molecule has 0 bridgehead atoms. The molecule has 0 atom stereocenters. The van der Waals surface area contributed by atoms with E-state index in [9.17, 15) is 9.59 Å². The van der Waals surface area contributed by atoms with Gasteiger partial charge in [0, 0.05) is 6.42 Å². The maximum Gasteiger partial charge on any atom is 0.311 e. The number of carboxylic acids is 1. The fraction of sp³-hybridized carbons (Fsp3) is 0.857. The summed E-state index contributed by atoms with van der Waals surface area (Å²) >= 11 is 0. The van der Waals surface area contributed by atoms with E-state index in [-0.39, 0.29) is 12.4 Å². The summed E-state index contributed by atoms with van der Waals surface area (Å²) in [5, 5.41) is 8.66. The van der Waals surface area contributed by atoms with E-state index in [0.717, 1.165) is 19.4 Å². The van der Waals surface area contributed by atoms with Gasteiger partial charge in [0.15, 0.2) is 0 Å². The van der Waals surface area contributed by atoms with E-state index >= 15 is 0 Å². The standard InChI is InChI=1S/C14H27NO4/c1-6-14(2,3)13(18)19-11-7-9-15(4,5)10-8-12(16)17/h6-11H2,1-5H3/p+1. The van der Waals surface area contributed by atoms with Gasteiger partial charge in [-0.15, -0.1) is 0 Å². The quantitative estimate of drug-likeness (QED) is 0.396. The van der Waals surface area contributed by atoms with Gasteiger partial charge >= 0.3 is 11.9 Å². The predicted octanol–water partition coefficient (Wildman–Crippen LogP) is 1.91. The van der Waals surface area contributed by atoms with Gasteiger partial charge in [-0.25, -0.2) is 0 Å². The monoisotopic (exact) mass is 274 g/mol. The number of carboxylic acid groups (broad SMARTS) is 1. The molecule has 1 N–H and O–H groups in total. The van der Waals surface area contributed by atoms with Crippen molar-refractivity contribution in [1.82, 2.24) is 0 Å². The summed E-state index contributed by atoms with van der Waals surface area (Å²) in [4.78, 5) is 22.3. The number of esters is 1. The lowest BCUT2D eigenvalue weighted by molar-refractivity contribution is -0.890. The lowest BCUT2D eigenvalue weighted by Crippen LogP contribution is -2.42. The molecular weight excluding hydrogens is 246 g/mol. The van der Waals surface area contributed by atoms with Crippen molar-refractivity contribution in [3.63, 3.8) is 0 Å². The third-order valence-corrected chi connectivity index (χ3v) is 3.51. The number of quaternary nitrogens is 1. The second-order valence-electron chi connectivity index (χ2n) is 6.25. The summed E-state index contributed by atoms with van der Waals surface area (Å²) < 4.78 is 5.88. The molecule has 0 unspecified atom stereocenters. The zero-order valence-corrected chi connectivity index (χ0v) is 12.9. The molecule has 0 aliphatic carbocycles. The molecule has 0 heterocycles. The van der Waals surface area contributed by atoms with Crippen LogP contribution in [0.2, 0.25) is 0 Å². The molecular formula is C14H28NO4+. The van der Waals surface area contributed by atoms with E-state index < -0.39 is 11.4 Å². The fourth-order valence-electron chi connectivity index (χ4n) is 1.51. The average Bonchev–Trinajstić information content (AvgIpc) is 2.32. The van der Waals surface area contributed by atoms with Gasteiger partial charge in [0.05, 0.1) is 45.6 Å². The third kappa shape index (κ3) is 7.82. The maximum absolute atomic E-state index is 11.7. The zero-order valence-electron chi connectivity index (χ0n) is 12.9. The maximum atomic E-state index is 11.7. The van der Waals surface area contributed by atoms with Gasteiger partial charge in [0.2, 0.25) is 0 Å². The summed E-state index contributed by atoms with van der Waals surface area (Å²) in [6.07, 6.45) is 1.67. The third-order valence-electron chi connectivity index (χ3n) is 3.51. The van der Waals surface area contributed by atoms with Gasteiger partial charge in [0.1, 0.15) is 0 Å². The van der Waals surface area contributed by atoms with Crippen molar-refractivity contribution < 1.29 is 23.9 Å². The van der Waals surface area contributed by atoms with Crippen LogP contribution in [0.4, 0.5) is 0 Å². The smallest absolute Gasteiger partial charge is 0.311 e. The Morgan fingerprint density at radius 2 is 1.79 bits per heavy atom. The first kappa shape index (κ1) is 17.9. The fourth-order valence-corrected chi connectivity index (χ4v) is 1.51. The van der Waals surface area contributed by atoms with E-state index in [1.54, 1.807) is 0 Å². The first-order valence-electron chi connectivity index (χ1n) is 6.82. The van der Waals surface area contributed by atoms with Crippen LogP contribution >= 0.6 is 0 Å². The highest BCUT2D eigenvalue weighted by Crippen LogP contribution is 2.21. The Balaban J connectivity index is 3.91. The number of hydrogen-bond donors (Lipinski definition) is 1. The van der Waals surface area contributed by atoms with Crippen molar-refractivity contribution in [3.05, 3.63) is 0 Å². The lowest BCUT2D eigenvalue weighted by atomic mass is 9.91. The van der Waals surface area contributed by atoms with Crippen molar-refractivity contribution in [2.45, 2.75) is 40.0 Å². The number of ether oxygens (including phenoxy) is 1. The van der Waals surface area contributed by atoms with Crippen molar-refractivity contribution in [2.24, 2.45) is 5.41 Å². The Kier molecular flexibility index (Phi) is 7.05. The Hall–Kier alpha value is -1.10. The Morgan fingerprint density at radius 1 is 1.21 bits per heavy atom. The first-order valence-corrected chi connectivity index (χ1v) is 6.82. The van der Waals surface area contributed by atoms with E-state index in [1.165, 1.54) is 0 Å². The van der Waals surface area contributed by atoms with Crippen LogP contribution in [0.15, 0.2) is 0 Å². The molecule has 0 fully saturated rings. The first-order chi connectivity index (χ1) is 8.60. The molecule has 0 aromatic heterocycles. The highest BCUT2D eigenvalue weighted by molar-refractivity contribution is 5.75. The van der Waals surface area contributed by atoms with Gasteiger partial charge in [-0.2, -0.15) is 0 Å². The van der Waals surface area contributed by atoms with Gasteiger partial charge in [-0.05, 0) is 20.3 Å². The molecule has 0 saturated heterocycles. The molecule has 0 aromatic carbocycles. The van der Waals surface area contributed by atoms with Crippen LogP contribution in [0, 0.1) is 5.41 Å². The number of nitrogens with zero attached hydrogens (tertiary/aromatic N) is 1. The van der Waals surface area contributed by atoms with Crippen LogP contribution in [0.25, 0.3) is 0 Å². The normalized spacial score (nSPS) is 12.3. The van der Waals surface area contributed by atoms with Crippen LogP contribution in [0.5, 0.6) is 0 Å². The molecule has 0 aromatic rings. The minimum absolute atomic E-state index is 0.161. The van der Waals surface area contributed by atoms with E-state index in [1.807, 2.05) is 34.9 Å². The largest absolute Gasteiger partial charge is 0.481 e. The van der Waals surface area contributed by atoms with Crippen LogP contribution < -0.4 is 0 Å². The number of aliphatic carboxylic acids is 1. The average molecular weight is 274 g/mol. The highest BCUT2D eigenvalue weighted by atomic mass is 16.5. The van der Waals surface area contributed by atoms with Crippen LogP contribution in [0.1, 0.15) is 40.0 Å². The van der Waals surface area contributed by atoms with Crippen molar-refractivity contribution >= 4 is 11.9 Å². The van der Waals surface area contributed by atoms with Crippen LogP contribution in [0.3, 0.4) is 0 Å². The number of carbonyl (C=O) groups excluding carboxylic acids is 1. The topological polar surface area (TPSA) is 63.6 Å². The van der Waals surface area contributed by atoms with Gasteiger partial charge < -0.3 is 14.3 Å². The summed E-state index contributed by atoms with van der Waals surface area (Å²) in [6, 6.07) is 0. The van der Waals surface area contributed by atoms with Gasteiger partial charge in [0.25, 0.3) is 0 Å². The number of carbonyl (C=O) groups is 2. The van der Waals surface area contributed by atoms with Crippen molar-refractivity contribution in [1.29, 1.82) is 0 Å². The number of hydrogen-bond acceptors (Lipinski definition) is 3. The molecule has 0 aliphatic heterocycles. The van der Waals surface area contributed by atoms with E-state index in [4.69, 9.17) is 9.84 Å². The zero-order chi connectivity index (χ0) is 15.1. The highest BCUT2D eigenvalue weighted by Gasteiger charge is 2.27. The molecule has 19 heavy (non-hydrogen) atoms. The summed E-state index contributed by atoms with van der Waals surface area (Å²) in [7, 11) is 3.97. The summed E-state index contributed by atoms with van der Waals surface area (Å²) in [6.45, 7) is 7.51. The van der Waals surface area contributed by atoms with Crippen LogP contribution in [-0.2, 0) is 14.3 Å². The molecule has 0 rings (SSSR count). The van der Waals surface area contributed by atoms with Crippen molar-refractivity contribution in [2.75, 3.05) is 33.8 Å².